The molecular formula is C11H15FN2O2. The van der Waals surface area contributed by atoms with Crippen molar-refractivity contribution in [3.8, 4) is 0 Å². The first-order valence-electron chi connectivity index (χ1n) is 4.90. The van der Waals surface area contributed by atoms with Crippen LogP contribution in [0.2, 0.25) is 0 Å². The predicted octanol–water partition coefficient (Wildman–Crippen LogP) is 1.38. The monoisotopic (exact) mass is 226 g/mol. The molecule has 0 radical (unpaired) electrons. The summed E-state index contributed by atoms with van der Waals surface area (Å²) in [6.45, 7) is 3.95. The number of methoxy groups -OCH3 is 1. The lowest BCUT2D eigenvalue weighted by molar-refractivity contribution is 0.0228. The number of aromatic nitrogens is 1. The first-order chi connectivity index (χ1) is 7.46. The van der Waals surface area contributed by atoms with Crippen molar-refractivity contribution in [1.82, 2.24) is 10.3 Å². The summed E-state index contributed by atoms with van der Waals surface area (Å²) in [6.07, 6.45) is 1.30. The van der Waals surface area contributed by atoms with Gasteiger partial charge in [-0.3, -0.25) is 4.79 Å². The van der Waals surface area contributed by atoms with Crippen molar-refractivity contribution < 1.29 is 13.9 Å². The number of ether oxygens (including phenoxy) is 1. The molecule has 5 heteroatoms. The number of halogens is 1. The molecule has 0 bridgehead atoms. The molecule has 0 spiro atoms. The van der Waals surface area contributed by atoms with Gasteiger partial charge in [-0.05, 0) is 26.0 Å². The quantitative estimate of drug-likeness (QED) is 0.789. The zero-order valence-electron chi connectivity index (χ0n) is 9.58. The van der Waals surface area contributed by atoms with Gasteiger partial charge < -0.3 is 10.1 Å². The molecule has 0 aliphatic carbocycles. The van der Waals surface area contributed by atoms with E-state index in [0.717, 1.165) is 0 Å². The van der Waals surface area contributed by atoms with Crippen LogP contribution in [0.15, 0.2) is 18.3 Å². The molecule has 4 nitrogen and oxygen atoms in total. The Balaban J connectivity index is 2.64. The molecule has 0 aliphatic rings. The largest absolute Gasteiger partial charge is 0.377 e. The van der Waals surface area contributed by atoms with Crippen LogP contribution in [0.1, 0.15) is 24.2 Å². The van der Waals surface area contributed by atoms with Gasteiger partial charge in [0, 0.05) is 19.9 Å². The Bertz CT molecular complexity index is 380. The molecular weight excluding hydrogens is 211 g/mol. The van der Waals surface area contributed by atoms with Crippen LogP contribution in [0, 0.1) is 5.95 Å². The van der Waals surface area contributed by atoms with E-state index in [1.807, 2.05) is 13.8 Å². The lowest BCUT2D eigenvalue weighted by Gasteiger charge is -2.23. The zero-order chi connectivity index (χ0) is 12.2. The number of rotatable bonds is 4. The van der Waals surface area contributed by atoms with Crippen molar-refractivity contribution in [3.63, 3.8) is 0 Å². The van der Waals surface area contributed by atoms with E-state index in [-0.39, 0.29) is 5.56 Å². The summed E-state index contributed by atoms with van der Waals surface area (Å²) in [5.41, 5.74) is -0.539. The van der Waals surface area contributed by atoms with Gasteiger partial charge in [0.05, 0.1) is 11.2 Å². The van der Waals surface area contributed by atoms with Crippen LogP contribution in [0.4, 0.5) is 4.39 Å². The van der Waals surface area contributed by atoms with Gasteiger partial charge in [-0.25, -0.2) is 4.98 Å². The molecule has 0 aromatic carbocycles. The molecule has 1 aromatic rings. The summed E-state index contributed by atoms with van der Waals surface area (Å²) >= 11 is 0. The smallest absolute Gasteiger partial charge is 0.256 e. The molecule has 1 rings (SSSR count). The highest BCUT2D eigenvalue weighted by Gasteiger charge is 2.19. The van der Waals surface area contributed by atoms with Crippen LogP contribution in [-0.2, 0) is 4.74 Å². The molecule has 1 N–H and O–H groups in total. The second-order valence-electron chi connectivity index (χ2n) is 3.99. The van der Waals surface area contributed by atoms with Crippen molar-refractivity contribution in [2.24, 2.45) is 0 Å². The van der Waals surface area contributed by atoms with Crippen LogP contribution in [0.25, 0.3) is 0 Å². The van der Waals surface area contributed by atoms with Crippen molar-refractivity contribution in [2.75, 3.05) is 13.7 Å². The lowest BCUT2D eigenvalue weighted by Crippen LogP contribution is -2.40. The number of nitrogens with zero attached hydrogens (tertiary/aromatic N) is 1. The van der Waals surface area contributed by atoms with E-state index < -0.39 is 17.5 Å². The van der Waals surface area contributed by atoms with Gasteiger partial charge in [-0.1, -0.05) is 0 Å². The van der Waals surface area contributed by atoms with Crippen LogP contribution in [-0.4, -0.2) is 30.1 Å². The van der Waals surface area contributed by atoms with Crippen LogP contribution >= 0.6 is 0 Å². The van der Waals surface area contributed by atoms with E-state index >= 15 is 0 Å². The van der Waals surface area contributed by atoms with Crippen molar-refractivity contribution >= 4 is 5.91 Å². The van der Waals surface area contributed by atoms with E-state index in [1.54, 1.807) is 7.11 Å². The molecule has 0 atom stereocenters. The van der Waals surface area contributed by atoms with Gasteiger partial charge in [0.1, 0.15) is 0 Å². The van der Waals surface area contributed by atoms with Gasteiger partial charge in [0.2, 0.25) is 5.95 Å². The standard InChI is InChI=1S/C11H15FN2O2/c1-11(2,16-3)7-14-10(15)8-5-4-6-13-9(8)12/h4-6H,7H2,1-3H3,(H,14,15). The third-order valence-corrected chi connectivity index (χ3v) is 2.23. The van der Waals surface area contributed by atoms with Gasteiger partial charge in [-0.2, -0.15) is 4.39 Å². The van der Waals surface area contributed by atoms with Crippen LogP contribution in [0.3, 0.4) is 0 Å². The Morgan fingerprint density at radius 2 is 2.31 bits per heavy atom. The zero-order valence-corrected chi connectivity index (χ0v) is 9.58. The highest BCUT2D eigenvalue weighted by Crippen LogP contribution is 2.07. The Kier molecular flexibility index (Phi) is 3.95. The Hall–Kier alpha value is -1.49. The van der Waals surface area contributed by atoms with E-state index in [0.29, 0.717) is 6.54 Å². The fourth-order valence-corrected chi connectivity index (χ4v) is 1.02. The molecule has 0 saturated heterocycles. The number of hydrogen-bond acceptors (Lipinski definition) is 3. The summed E-state index contributed by atoms with van der Waals surface area (Å²) in [5, 5.41) is 2.59. The molecule has 1 amide bonds. The molecule has 1 heterocycles. The minimum absolute atomic E-state index is 0.0607. The highest BCUT2D eigenvalue weighted by molar-refractivity contribution is 5.94. The van der Waals surface area contributed by atoms with Gasteiger partial charge in [0.15, 0.2) is 0 Å². The number of carbonyl (C=O) groups is 1. The maximum atomic E-state index is 13.1. The van der Waals surface area contributed by atoms with Crippen molar-refractivity contribution in [3.05, 3.63) is 29.8 Å². The number of amides is 1. The minimum Gasteiger partial charge on any atom is -0.377 e. The summed E-state index contributed by atoms with van der Waals surface area (Å²) < 4.78 is 18.3. The molecule has 1 aromatic heterocycles. The number of carbonyl (C=O) groups excluding carboxylic acids is 1. The fraction of sp³-hybridized carbons (Fsp3) is 0.455. The summed E-state index contributed by atoms with van der Waals surface area (Å²) in [7, 11) is 1.55. The van der Waals surface area contributed by atoms with E-state index in [2.05, 4.69) is 10.3 Å². The number of nitrogens with one attached hydrogen (secondary N) is 1. The predicted molar refractivity (Wildman–Crippen MR) is 57.6 cm³/mol. The Morgan fingerprint density at radius 1 is 1.62 bits per heavy atom. The molecule has 0 saturated carbocycles. The van der Waals surface area contributed by atoms with Crippen molar-refractivity contribution in [1.29, 1.82) is 0 Å². The highest BCUT2D eigenvalue weighted by atomic mass is 19.1. The average Bonchev–Trinajstić information content (AvgIpc) is 2.27. The van der Waals surface area contributed by atoms with Gasteiger partial charge in [-0.15, -0.1) is 0 Å². The molecule has 0 aliphatic heterocycles. The van der Waals surface area contributed by atoms with Gasteiger partial charge in [0.25, 0.3) is 5.91 Å². The number of pyridine rings is 1. The normalized spacial score (nSPS) is 11.2. The molecule has 0 fully saturated rings. The van der Waals surface area contributed by atoms with E-state index in [4.69, 9.17) is 4.74 Å². The van der Waals surface area contributed by atoms with E-state index in [9.17, 15) is 9.18 Å². The summed E-state index contributed by atoms with van der Waals surface area (Å²) in [6, 6.07) is 2.90. The summed E-state index contributed by atoms with van der Waals surface area (Å²) in [5.74, 6) is -1.26. The molecule has 88 valence electrons. The second-order valence-corrected chi connectivity index (χ2v) is 3.99. The van der Waals surface area contributed by atoms with Crippen LogP contribution in [0.5, 0.6) is 0 Å². The SMILES string of the molecule is COC(C)(C)CNC(=O)c1cccnc1F. The maximum absolute atomic E-state index is 13.1. The van der Waals surface area contributed by atoms with Crippen LogP contribution < -0.4 is 5.32 Å². The lowest BCUT2D eigenvalue weighted by atomic mass is 10.1. The first kappa shape index (κ1) is 12.6. The van der Waals surface area contributed by atoms with Gasteiger partial charge >= 0.3 is 0 Å². The second kappa shape index (κ2) is 5.03. The fourth-order valence-electron chi connectivity index (χ4n) is 1.02. The topological polar surface area (TPSA) is 51.2 Å². The Labute approximate surface area is 93.8 Å². The molecule has 0 unspecified atom stereocenters. The molecule has 16 heavy (non-hydrogen) atoms. The van der Waals surface area contributed by atoms with E-state index in [1.165, 1.54) is 18.3 Å². The third kappa shape index (κ3) is 3.27. The first-order valence-corrected chi connectivity index (χ1v) is 4.90. The Morgan fingerprint density at radius 3 is 2.88 bits per heavy atom. The summed E-state index contributed by atoms with van der Waals surface area (Å²) in [4.78, 5) is 15.0. The minimum atomic E-state index is -0.768. The maximum Gasteiger partial charge on any atom is 0.256 e. The third-order valence-electron chi connectivity index (χ3n) is 2.23. The average molecular weight is 226 g/mol. The number of hydrogen-bond donors (Lipinski definition) is 1. The van der Waals surface area contributed by atoms with Crippen molar-refractivity contribution in [2.45, 2.75) is 19.4 Å².